The molecule has 1 aromatic rings. The van der Waals surface area contributed by atoms with E-state index in [0.717, 1.165) is 31.2 Å². The summed E-state index contributed by atoms with van der Waals surface area (Å²) in [6.45, 7) is 6.64. The van der Waals surface area contributed by atoms with Crippen LogP contribution in [0.4, 0.5) is 5.82 Å². The molecule has 1 aliphatic rings. The van der Waals surface area contributed by atoms with Crippen LogP contribution in [0.15, 0.2) is 18.3 Å². The molecule has 1 aromatic heterocycles. The van der Waals surface area contributed by atoms with Gasteiger partial charge in [-0.1, -0.05) is 25.8 Å². The average molecular weight is 275 g/mol. The number of anilines is 1. The summed E-state index contributed by atoms with van der Waals surface area (Å²) < 4.78 is 0. The molecule has 1 aliphatic carbocycles. The minimum atomic E-state index is 0.365. The first-order valence-electron chi connectivity index (χ1n) is 8.11. The second-order valence-corrected chi connectivity index (χ2v) is 6.12. The molecule has 20 heavy (non-hydrogen) atoms. The number of rotatable bonds is 7. The van der Waals surface area contributed by atoms with E-state index in [1.165, 1.54) is 31.2 Å². The highest BCUT2D eigenvalue weighted by Gasteiger charge is 2.20. The van der Waals surface area contributed by atoms with Crippen molar-refractivity contribution >= 4 is 5.82 Å². The Morgan fingerprint density at radius 2 is 2.15 bits per heavy atom. The number of hydrogen-bond acceptors (Lipinski definition) is 3. The molecule has 0 radical (unpaired) electrons. The average Bonchev–Trinajstić information content (AvgIpc) is 2.97. The topological polar surface area (TPSA) is 28.2 Å². The molecule has 1 unspecified atom stereocenters. The van der Waals surface area contributed by atoms with E-state index in [4.69, 9.17) is 0 Å². The second-order valence-electron chi connectivity index (χ2n) is 6.12. The minimum absolute atomic E-state index is 0.365. The fourth-order valence-electron chi connectivity index (χ4n) is 3.20. The quantitative estimate of drug-likeness (QED) is 0.821. The van der Waals surface area contributed by atoms with Crippen molar-refractivity contribution in [2.24, 2.45) is 5.92 Å². The molecule has 0 bridgehead atoms. The summed E-state index contributed by atoms with van der Waals surface area (Å²) in [6.07, 6.45) is 8.66. The lowest BCUT2D eigenvalue weighted by molar-refractivity contribution is 0.537. The molecule has 3 nitrogen and oxygen atoms in total. The fraction of sp³-hybridized carbons (Fsp3) is 0.706. The van der Waals surface area contributed by atoms with Crippen molar-refractivity contribution < 1.29 is 0 Å². The van der Waals surface area contributed by atoms with Crippen molar-refractivity contribution in [1.29, 1.82) is 0 Å². The van der Waals surface area contributed by atoms with Gasteiger partial charge in [-0.2, -0.15) is 0 Å². The predicted octanol–water partition coefficient (Wildman–Crippen LogP) is 3.77. The van der Waals surface area contributed by atoms with E-state index in [1.807, 2.05) is 12.3 Å². The molecule has 1 saturated carbocycles. The molecule has 1 N–H and O–H groups in total. The maximum Gasteiger partial charge on any atom is 0.133 e. The monoisotopic (exact) mass is 275 g/mol. The summed E-state index contributed by atoms with van der Waals surface area (Å²) in [7, 11) is 2.19. The summed E-state index contributed by atoms with van der Waals surface area (Å²) in [5.41, 5.74) is 1.32. The van der Waals surface area contributed by atoms with E-state index in [1.54, 1.807) is 0 Å². The van der Waals surface area contributed by atoms with Crippen LogP contribution in [0.1, 0.15) is 57.6 Å². The summed E-state index contributed by atoms with van der Waals surface area (Å²) in [5, 5.41) is 3.57. The Labute approximate surface area is 123 Å². The van der Waals surface area contributed by atoms with Gasteiger partial charge in [0.05, 0.1) is 0 Å². The van der Waals surface area contributed by atoms with Crippen LogP contribution in [0.2, 0.25) is 0 Å². The smallest absolute Gasteiger partial charge is 0.133 e. The third-order valence-corrected chi connectivity index (χ3v) is 4.35. The summed E-state index contributed by atoms with van der Waals surface area (Å²) >= 11 is 0. The van der Waals surface area contributed by atoms with Crippen LogP contribution >= 0.6 is 0 Å². The van der Waals surface area contributed by atoms with Crippen LogP contribution < -0.4 is 10.2 Å². The van der Waals surface area contributed by atoms with E-state index in [-0.39, 0.29) is 0 Å². The lowest BCUT2D eigenvalue weighted by Gasteiger charge is -2.26. The van der Waals surface area contributed by atoms with E-state index in [0.29, 0.717) is 6.04 Å². The van der Waals surface area contributed by atoms with Gasteiger partial charge >= 0.3 is 0 Å². The first-order valence-corrected chi connectivity index (χ1v) is 8.11. The van der Waals surface area contributed by atoms with Gasteiger partial charge in [0.2, 0.25) is 0 Å². The van der Waals surface area contributed by atoms with Crippen LogP contribution in [0.25, 0.3) is 0 Å². The van der Waals surface area contributed by atoms with Gasteiger partial charge in [0, 0.05) is 31.4 Å². The van der Waals surface area contributed by atoms with Gasteiger partial charge in [-0.05, 0) is 44.7 Å². The Bertz CT molecular complexity index is 399. The standard InChI is InChI=1S/C17H29N3/c1-4-11-18-14(2)16-10-7-12-19-17(16)20(3)13-15-8-5-6-9-15/h7,10,12,14-15,18H,4-6,8-9,11,13H2,1-3H3. The molecule has 112 valence electrons. The number of nitrogens with zero attached hydrogens (tertiary/aromatic N) is 2. The Kier molecular flexibility index (Phi) is 5.84. The Morgan fingerprint density at radius 3 is 2.85 bits per heavy atom. The number of pyridine rings is 1. The van der Waals surface area contributed by atoms with Crippen LogP contribution in [0.5, 0.6) is 0 Å². The van der Waals surface area contributed by atoms with Crippen molar-refractivity contribution in [2.75, 3.05) is 25.0 Å². The Hall–Kier alpha value is -1.09. The number of nitrogens with one attached hydrogen (secondary N) is 1. The zero-order valence-electron chi connectivity index (χ0n) is 13.2. The van der Waals surface area contributed by atoms with Gasteiger partial charge in [0.25, 0.3) is 0 Å². The Morgan fingerprint density at radius 1 is 1.40 bits per heavy atom. The molecule has 0 amide bonds. The molecule has 3 heteroatoms. The van der Waals surface area contributed by atoms with E-state index < -0.39 is 0 Å². The fourth-order valence-corrected chi connectivity index (χ4v) is 3.20. The minimum Gasteiger partial charge on any atom is -0.359 e. The van der Waals surface area contributed by atoms with E-state index in [2.05, 4.69) is 42.2 Å². The van der Waals surface area contributed by atoms with Crippen molar-refractivity contribution in [3.8, 4) is 0 Å². The molecule has 1 atom stereocenters. The van der Waals surface area contributed by atoms with Gasteiger partial charge in [-0.15, -0.1) is 0 Å². The largest absolute Gasteiger partial charge is 0.359 e. The third kappa shape index (κ3) is 3.95. The molecule has 0 aromatic carbocycles. The first-order chi connectivity index (χ1) is 9.72. The van der Waals surface area contributed by atoms with Crippen LogP contribution in [-0.4, -0.2) is 25.1 Å². The van der Waals surface area contributed by atoms with Gasteiger partial charge < -0.3 is 10.2 Å². The molecule has 2 rings (SSSR count). The number of aromatic nitrogens is 1. The molecular formula is C17H29N3. The maximum absolute atomic E-state index is 4.64. The van der Waals surface area contributed by atoms with Gasteiger partial charge in [0.15, 0.2) is 0 Å². The van der Waals surface area contributed by atoms with E-state index >= 15 is 0 Å². The van der Waals surface area contributed by atoms with Gasteiger partial charge in [0.1, 0.15) is 5.82 Å². The Balaban J connectivity index is 2.05. The number of hydrogen-bond donors (Lipinski definition) is 1. The van der Waals surface area contributed by atoms with Crippen LogP contribution in [0, 0.1) is 5.92 Å². The highest BCUT2D eigenvalue weighted by atomic mass is 15.2. The normalized spacial score (nSPS) is 17.4. The molecule has 0 saturated heterocycles. The lowest BCUT2D eigenvalue weighted by Crippen LogP contribution is -2.28. The third-order valence-electron chi connectivity index (χ3n) is 4.35. The van der Waals surface area contributed by atoms with Crippen molar-refractivity contribution in [3.63, 3.8) is 0 Å². The summed E-state index contributed by atoms with van der Waals surface area (Å²) in [6, 6.07) is 4.62. The lowest BCUT2D eigenvalue weighted by atomic mass is 10.1. The maximum atomic E-state index is 4.64. The molecule has 0 spiro atoms. The summed E-state index contributed by atoms with van der Waals surface area (Å²) in [4.78, 5) is 6.99. The molecule has 1 fully saturated rings. The molecule has 1 heterocycles. The van der Waals surface area contributed by atoms with Crippen LogP contribution in [-0.2, 0) is 0 Å². The molecule has 0 aliphatic heterocycles. The van der Waals surface area contributed by atoms with Crippen LogP contribution in [0.3, 0.4) is 0 Å². The molecular weight excluding hydrogens is 246 g/mol. The SMILES string of the molecule is CCCNC(C)c1cccnc1N(C)CC1CCCC1. The van der Waals surface area contributed by atoms with Crippen molar-refractivity contribution in [2.45, 2.75) is 52.0 Å². The summed E-state index contributed by atoms with van der Waals surface area (Å²) in [5.74, 6) is 2.00. The highest BCUT2D eigenvalue weighted by molar-refractivity contribution is 5.47. The second kappa shape index (κ2) is 7.63. The van der Waals surface area contributed by atoms with Gasteiger partial charge in [-0.25, -0.2) is 4.98 Å². The zero-order valence-corrected chi connectivity index (χ0v) is 13.2. The van der Waals surface area contributed by atoms with Gasteiger partial charge in [-0.3, -0.25) is 0 Å². The van der Waals surface area contributed by atoms with E-state index in [9.17, 15) is 0 Å². The van der Waals surface area contributed by atoms with Crippen molar-refractivity contribution in [1.82, 2.24) is 10.3 Å². The van der Waals surface area contributed by atoms with Crippen molar-refractivity contribution in [3.05, 3.63) is 23.9 Å². The zero-order chi connectivity index (χ0) is 14.4. The predicted molar refractivity (Wildman–Crippen MR) is 86.2 cm³/mol. The highest BCUT2D eigenvalue weighted by Crippen LogP contribution is 2.28. The first kappa shape index (κ1) is 15.3.